The van der Waals surface area contributed by atoms with Crippen LogP contribution in [0.4, 0.5) is 0 Å². The van der Waals surface area contributed by atoms with Crippen molar-refractivity contribution in [3.05, 3.63) is 34.3 Å². The molecule has 1 aliphatic rings. The fraction of sp³-hybridized carbons (Fsp3) is 0.273. The van der Waals surface area contributed by atoms with Gasteiger partial charge in [-0.15, -0.1) is 0 Å². The van der Waals surface area contributed by atoms with Crippen molar-refractivity contribution in [2.45, 2.75) is 12.8 Å². The summed E-state index contributed by atoms with van der Waals surface area (Å²) >= 11 is 3.37. The summed E-state index contributed by atoms with van der Waals surface area (Å²) in [5.41, 5.74) is 3.49. The van der Waals surface area contributed by atoms with Gasteiger partial charge >= 0.3 is 0 Å². The highest BCUT2D eigenvalue weighted by molar-refractivity contribution is 9.10. The molecule has 4 heteroatoms. The second-order valence-electron chi connectivity index (χ2n) is 3.56. The predicted molar refractivity (Wildman–Crippen MR) is 62.6 cm³/mol. The number of carbonyl (C=O) groups is 1. The fourth-order valence-corrected chi connectivity index (χ4v) is 1.61. The van der Waals surface area contributed by atoms with Gasteiger partial charge in [0.25, 0.3) is 0 Å². The summed E-state index contributed by atoms with van der Waals surface area (Å²) in [7, 11) is 0. The van der Waals surface area contributed by atoms with Gasteiger partial charge in [-0.05, 0) is 30.5 Å². The van der Waals surface area contributed by atoms with Crippen LogP contribution < -0.4 is 5.43 Å². The van der Waals surface area contributed by atoms with Gasteiger partial charge in [0.2, 0.25) is 5.91 Å². The van der Waals surface area contributed by atoms with Crippen molar-refractivity contribution < 1.29 is 4.79 Å². The van der Waals surface area contributed by atoms with Gasteiger partial charge in [-0.2, -0.15) is 5.10 Å². The zero-order valence-corrected chi connectivity index (χ0v) is 9.70. The van der Waals surface area contributed by atoms with Gasteiger partial charge in [-0.25, -0.2) is 5.43 Å². The van der Waals surface area contributed by atoms with Crippen LogP contribution in [0.2, 0.25) is 0 Å². The Labute approximate surface area is 96.7 Å². The highest BCUT2D eigenvalue weighted by Crippen LogP contribution is 2.28. The molecule has 1 amide bonds. The maximum Gasteiger partial charge on any atom is 0.243 e. The van der Waals surface area contributed by atoms with Gasteiger partial charge in [-0.1, -0.05) is 28.1 Å². The Hall–Kier alpha value is -1.16. The minimum atomic E-state index is 0.0289. The van der Waals surface area contributed by atoms with Crippen molar-refractivity contribution in [1.82, 2.24) is 5.43 Å². The lowest BCUT2D eigenvalue weighted by molar-refractivity contribution is -0.122. The minimum absolute atomic E-state index is 0.0289. The van der Waals surface area contributed by atoms with E-state index >= 15 is 0 Å². The largest absolute Gasteiger partial charge is 0.273 e. The second-order valence-corrected chi connectivity index (χ2v) is 4.48. The van der Waals surface area contributed by atoms with E-state index in [9.17, 15) is 4.79 Å². The molecule has 0 spiro atoms. The third kappa shape index (κ3) is 3.16. The van der Waals surface area contributed by atoms with Crippen LogP contribution in [0.3, 0.4) is 0 Å². The Bertz CT molecular complexity index is 399. The normalized spacial score (nSPS) is 15.5. The number of rotatable bonds is 3. The molecule has 0 radical (unpaired) electrons. The minimum Gasteiger partial charge on any atom is -0.273 e. The molecule has 0 unspecified atom stereocenters. The van der Waals surface area contributed by atoms with Gasteiger partial charge in [0, 0.05) is 10.4 Å². The molecule has 3 nitrogen and oxygen atoms in total. The van der Waals surface area contributed by atoms with Gasteiger partial charge in [-0.3, -0.25) is 4.79 Å². The molecule has 1 aliphatic carbocycles. The average Bonchev–Trinajstić information content (AvgIpc) is 3.00. The first kappa shape index (κ1) is 10.4. The first-order valence-corrected chi connectivity index (χ1v) is 5.63. The number of carbonyl (C=O) groups excluding carboxylic acids is 1. The lowest BCUT2D eigenvalue weighted by atomic mass is 10.2. The number of benzene rings is 1. The molecule has 1 saturated carbocycles. The molecule has 1 aromatic rings. The van der Waals surface area contributed by atoms with E-state index < -0.39 is 0 Å². The monoisotopic (exact) mass is 266 g/mol. The standard InChI is InChI=1S/C11H11BrN2O/c12-10-3-1-2-8(6-10)7-13-14-11(15)9-4-5-9/h1-3,6-7,9H,4-5H2,(H,14,15)/b13-7-. The number of hydrazone groups is 1. The molecule has 0 atom stereocenters. The van der Waals surface area contributed by atoms with E-state index in [1.165, 1.54) is 0 Å². The summed E-state index contributed by atoms with van der Waals surface area (Å²) in [5.74, 6) is 0.228. The Kier molecular flexibility index (Phi) is 3.16. The van der Waals surface area contributed by atoms with Crippen LogP contribution in [-0.2, 0) is 4.79 Å². The van der Waals surface area contributed by atoms with Crippen LogP contribution >= 0.6 is 15.9 Å². The topological polar surface area (TPSA) is 41.5 Å². The molecule has 1 aromatic carbocycles. The summed E-state index contributed by atoms with van der Waals surface area (Å²) in [6.45, 7) is 0. The van der Waals surface area contributed by atoms with E-state index in [1.54, 1.807) is 6.21 Å². The highest BCUT2D eigenvalue weighted by atomic mass is 79.9. The number of hydrogen-bond acceptors (Lipinski definition) is 2. The SMILES string of the molecule is O=C(N/N=C\c1cccc(Br)c1)C1CC1. The van der Waals surface area contributed by atoms with Crippen molar-refractivity contribution in [2.24, 2.45) is 11.0 Å². The highest BCUT2D eigenvalue weighted by Gasteiger charge is 2.29. The molecular weight excluding hydrogens is 256 g/mol. The van der Waals surface area contributed by atoms with Crippen LogP contribution in [0.5, 0.6) is 0 Å². The molecule has 1 fully saturated rings. The molecule has 78 valence electrons. The van der Waals surface area contributed by atoms with E-state index in [4.69, 9.17) is 0 Å². The Balaban J connectivity index is 1.90. The maximum absolute atomic E-state index is 11.2. The molecule has 0 bridgehead atoms. The summed E-state index contributed by atoms with van der Waals surface area (Å²) < 4.78 is 1.000. The third-order valence-corrected chi connectivity index (χ3v) is 2.68. The van der Waals surface area contributed by atoms with Crippen LogP contribution in [0, 0.1) is 5.92 Å². The predicted octanol–water partition coefficient (Wildman–Crippen LogP) is 2.31. The first-order valence-electron chi connectivity index (χ1n) is 4.84. The molecule has 0 saturated heterocycles. The van der Waals surface area contributed by atoms with Crippen molar-refractivity contribution in [2.75, 3.05) is 0 Å². The second kappa shape index (κ2) is 4.57. The summed E-state index contributed by atoms with van der Waals surface area (Å²) in [4.78, 5) is 11.2. The van der Waals surface area contributed by atoms with Crippen LogP contribution in [-0.4, -0.2) is 12.1 Å². The summed E-state index contributed by atoms with van der Waals surface area (Å²) in [6, 6.07) is 7.73. The van der Waals surface area contributed by atoms with E-state index in [-0.39, 0.29) is 11.8 Å². The molecule has 15 heavy (non-hydrogen) atoms. The summed E-state index contributed by atoms with van der Waals surface area (Å²) in [6.07, 6.45) is 3.64. The van der Waals surface area contributed by atoms with Gasteiger partial charge in [0.1, 0.15) is 0 Å². The van der Waals surface area contributed by atoms with E-state index in [0.29, 0.717) is 0 Å². The van der Waals surface area contributed by atoms with Crippen molar-refractivity contribution in [3.8, 4) is 0 Å². The van der Waals surface area contributed by atoms with Crippen molar-refractivity contribution in [1.29, 1.82) is 0 Å². The molecule has 1 N–H and O–H groups in total. The number of halogens is 1. The van der Waals surface area contributed by atoms with Crippen LogP contribution in [0.1, 0.15) is 18.4 Å². The molecule has 0 aliphatic heterocycles. The fourth-order valence-electron chi connectivity index (χ4n) is 1.19. The first-order chi connectivity index (χ1) is 7.25. The maximum atomic E-state index is 11.2. The van der Waals surface area contributed by atoms with Crippen LogP contribution in [0.15, 0.2) is 33.8 Å². The lowest BCUT2D eigenvalue weighted by Gasteiger charge is -1.96. The van der Waals surface area contributed by atoms with E-state index in [0.717, 1.165) is 22.9 Å². The molecule has 2 rings (SSSR count). The number of nitrogens with zero attached hydrogens (tertiary/aromatic N) is 1. The zero-order valence-electron chi connectivity index (χ0n) is 8.11. The average molecular weight is 267 g/mol. The third-order valence-electron chi connectivity index (χ3n) is 2.19. The summed E-state index contributed by atoms with van der Waals surface area (Å²) in [5, 5.41) is 3.90. The van der Waals surface area contributed by atoms with Gasteiger partial charge in [0.15, 0.2) is 0 Å². The lowest BCUT2D eigenvalue weighted by Crippen LogP contribution is -2.18. The Morgan fingerprint density at radius 3 is 3.00 bits per heavy atom. The van der Waals surface area contributed by atoms with Crippen LogP contribution in [0.25, 0.3) is 0 Å². The number of hydrogen-bond donors (Lipinski definition) is 1. The Morgan fingerprint density at radius 1 is 1.53 bits per heavy atom. The Morgan fingerprint density at radius 2 is 2.33 bits per heavy atom. The number of nitrogens with one attached hydrogen (secondary N) is 1. The molecular formula is C11H11BrN2O. The molecule has 0 aromatic heterocycles. The molecule has 0 heterocycles. The van der Waals surface area contributed by atoms with E-state index in [1.807, 2.05) is 24.3 Å². The quantitative estimate of drug-likeness (QED) is 0.662. The van der Waals surface area contributed by atoms with Crippen molar-refractivity contribution >= 4 is 28.1 Å². The van der Waals surface area contributed by atoms with Crippen molar-refractivity contribution in [3.63, 3.8) is 0 Å². The van der Waals surface area contributed by atoms with E-state index in [2.05, 4.69) is 26.5 Å². The number of amides is 1. The van der Waals surface area contributed by atoms with Gasteiger partial charge in [0.05, 0.1) is 6.21 Å². The van der Waals surface area contributed by atoms with Gasteiger partial charge < -0.3 is 0 Å². The smallest absolute Gasteiger partial charge is 0.243 e. The zero-order chi connectivity index (χ0) is 10.7.